The topological polar surface area (TPSA) is 130 Å². The highest BCUT2D eigenvalue weighted by molar-refractivity contribution is 7.91. The molecule has 0 unspecified atom stereocenters. The summed E-state index contributed by atoms with van der Waals surface area (Å²) in [6.45, 7) is 3.39. The van der Waals surface area contributed by atoms with Crippen LogP contribution in [-0.2, 0) is 19.4 Å². The van der Waals surface area contributed by atoms with Crippen LogP contribution in [0.15, 0.2) is 70.5 Å². The predicted molar refractivity (Wildman–Crippen MR) is 112 cm³/mol. The number of phenols is 1. The molecule has 0 saturated heterocycles. The van der Waals surface area contributed by atoms with Gasteiger partial charge in [-0.25, -0.2) is 13.2 Å². The molecule has 0 fully saturated rings. The molecule has 8 nitrogen and oxygen atoms in total. The Hall–Kier alpha value is -3.85. The zero-order chi connectivity index (χ0) is 22.8. The maximum absolute atomic E-state index is 12.9. The minimum Gasteiger partial charge on any atom is -0.507 e. The Kier molecular flexibility index (Phi) is 5.98. The molecule has 0 aliphatic heterocycles. The van der Waals surface area contributed by atoms with Crippen LogP contribution in [0.1, 0.15) is 11.1 Å². The highest BCUT2D eigenvalue weighted by atomic mass is 32.2. The van der Waals surface area contributed by atoms with Crippen molar-refractivity contribution in [3.8, 4) is 17.2 Å². The molecule has 1 amide bonds. The summed E-state index contributed by atoms with van der Waals surface area (Å²) in [6, 6.07) is 14.7. The number of carbonyl (C=O) groups excluding carboxylic acids is 1. The Morgan fingerprint density at radius 1 is 0.935 bits per heavy atom. The van der Waals surface area contributed by atoms with Crippen LogP contribution in [0.2, 0.25) is 0 Å². The molecule has 0 aliphatic rings. The van der Waals surface area contributed by atoms with Crippen molar-refractivity contribution in [2.45, 2.75) is 23.6 Å². The molecule has 0 spiro atoms. The summed E-state index contributed by atoms with van der Waals surface area (Å²) in [5.74, 6) is -2.59. The third-order valence-electron chi connectivity index (χ3n) is 4.41. The van der Waals surface area contributed by atoms with Crippen molar-refractivity contribution < 1.29 is 33.0 Å². The number of benzene rings is 3. The van der Waals surface area contributed by atoms with Crippen molar-refractivity contribution in [2.24, 2.45) is 0 Å². The number of carboxylic acids is 1. The first-order valence-corrected chi connectivity index (χ1v) is 10.5. The molecule has 3 rings (SSSR count). The van der Waals surface area contributed by atoms with E-state index in [1.165, 1.54) is 42.5 Å². The van der Waals surface area contributed by atoms with Crippen LogP contribution in [0.4, 0.5) is 5.69 Å². The fourth-order valence-electron chi connectivity index (χ4n) is 2.99. The second-order valence-electron chi connectivity index (χ2n) is 6.75. The molecule has 0 aromatic heterocycles. The van der Waals surface area contributed by atoms with E-state index in [0.717, 1.165) is 0 Å². The molecule has 0 heterocycles. The number of nitrogens with one attached hydrogen (secondary N) is 1. The number of aryl methyl sites for hydroxylation is 2. The molecular formula is C22H19NO7S. The van der Waals surface area contributed by atoms with E-state index in [4.69, 9.17) is 9.84 Å². The predicted octanol–water partition coefficient (Wildman–Crippen LogP) is 3.66. The van der Waals surface area contributed by atoms with Gasteiger partial charge in [-0.1, -0.05) is 18.2 Å². The molecule has 3 aromatic carbocycles. The zero-order valence-corrected chi connectivity index (χ0v) is 17.4. The molecular weight excluding hydrogens is 422 g/mol. The van der Waals surface area contributed by atoms with Crippen LogP contribution in [0.3, 0.4) is 0 Å². The van der Waals surface area contributed by atoms with Crippen LogP contribution >= 0.6 is 0 Å². The van der Waals surface area contributed by atoms with Gasteiger partial charge in [0.15, 0.2) is 0 Å². The van der Waals surface area contributed by atoms with E-state index < -0.39 is 27.5 Å². The van der Waals surface area contributed by atoms with Gasteiger partial charge in [-0.3, -0.25) is 4.79 Å². The molecule has 31 heavy (non-hydrogen) atoms. The molecule has 0 radical (unpaired) electrons. The third kappa shape index (κ3) is 4.67. The van der Waals surface area contributed by atoms with E-state index in [0.29, 0.717) is 16.9 Å². The van der Waals surface area contributed by atoms with Crippen molar-refractivity contribution in [1.29, 1.82) is 0 Å². The minimum absolute atomic E-state index is 0.0355. The van der Waals surface area contributed by atoms with E-state index in [1.807, 2.05) is 0 Å². The van der Waals surface area contributed by atoms with E-state index in [2.05, 4.69) is 5.32 Å². The normalized spacial score (nSPS) is 11.0. The highest BCUT2D eigenvalue weighted by Gasteiger charge is 2.22. The molecule has 3 aromatic rings. The van der Waals surface area contributed by atoms with Crippen LogP contribution in [0.5, 0.6) is 17.2 Å². The summed E-state index contributed by atoms with van der Waals surface area (Å²) in [5, 5.41) is 21.1. The number of carbonyl (C=O) groups is 2. The summed E-state index contributed by atoms with van der Waals surface area (Å²) in [5.41, 5.74) is 1.45. The van der Waals surface area contributed by atoms with E-state index in [-0.39, 0.29) is 21.2 Å². The van der Waals surface area contributed by atoms with Gasteiger partial charge in [0, 0.05) is 11.8 Å². The second kappa shape index (κ2) is 8.49. The fourth-order valence-corrected chi connectivity index (χ4v) is 4.37. The van der Waals surface area contributed by atoms with Crippen molar-refractivity contribution in [1.82, 2.24) is 0 Å². The van der Waals surface area contributed by atoms with Crippen molar-refractivity contribution in [3.63, 3.8) is 0 Å². The average molecular weight is 441 g/mol. The van der Waals surface area contributed by atoms with Crippen LogP contribution in [0, 0.1) is 13.8 Å². The first-order chi connectivity index (χ1) is 14.6. The SMILES string of the molecule is Cc1cc(NC(=O)C(=O)O)cc(C)c1Oc1ccc(O)c(S(=O)(=O)c2ccccc2)c1. The minimum atomic E-state index is -3.97. The molecule has 0 saturated carbocycles. The third-order valence-corrected chi connectivity index (χ3v) is 6.21. The van der Waals surface area contributed by atoms with E-state index >= 15 is 0 Å². The van der Waals surface area contributed by atoms with Crippen molar-refractivity contribution >= 4 is 27.4 Å². The highest BCUT2D eigenvalue weighted by Crippen LogP contribution is 2.36. The van der Waals surface area contributed by atoms with Crippen LogP contribution in [-0.4, -0.2) is 30.5 Å². The molecule has 0 bridgehead atoms. The Morgan fingerprint density at radius 3 is 2.13 bits per heavy atom. The van der Waals surface area contributed by atoms with Gasteiger partial charge in [0.1, 0.15) is 22.1 Å². The van der Waals surface area contributed by atoms with Gasteiger partial charge in [0.2, 0.25) is 9.84 Å². The summed E-state index contributed by atoms with van der Waals surface area (Å²) in [6.07, 6.45) is 0. The number of hydrogen-bond donors (Lipinski definition) is 3. The number of aromatic hydroxyl groups is 1. The Bertz CT molecular complexity index is 1250. The second-order valence-corrected chi connectivity index (χ2v) is 8.66. The number of amides is 1. The lowest BCUT2D eigenvalue weighted by atomic mass is 10.1. The summed E-state index contributed by atoms with van der Waals surface area (Å²) in [4.78, 5) is 21.8. The molecule has 0 aliphatic carbocycles. The van der Waals surface area contributed by atoms with Crippen molar-refractivity contribution in [3.05, 3.63) is 71.8 Å². The maximum Gasteiger partial charge on any atom is 0.394 e. The number of ether oxygens (including phenoxy) is 1. The number of rotatable bonds is 5. The number of sulfone groups is 1. The van der Waals surface area contributed by atoms with Gasteiger partial charge in [0.05, 0.1) is 4.90 Å². The molecule has 3 N–H and O–H groups in total. The monoisotopic (exact) mass is 441 g/mol. The summed E-state index contributed by atoms with van der Waals surface area (Å²) in [7, 11) is -3.97. The number of carboxylic acid groups (broad SMARTS) is 1. The lowest BCUT2D eigenvalue weighted by Gasteiger charge is -2.15. The van der Waals surface area contributed by atoms with Gasteiger partial charge in [-0.05, 0) is 61.4 Å². The largest absolute Gasteiger partial charge is 0.507 e. The van der Waals surface area contributed by atoms with Gasteiger partial charge in [-0.2, -0.15) is 0 Å². The quantitative estimate of drug-likeness (QED) is 0.515. The Labute approximate surface area is 178 Å². The standard InChI is InChI=1S/C22H19NO7S/c1-13-10-15(23-21(25)22(26)27)11-14(2)20(13)30-16-8-9-18(24)19(12-16)31(28,29)17-6-4-3-5-7-17/h3-12,24H,1-2H3,(H,23,25)(H,26,27). The zero-order valence-electron chi connectivity index (χ0n) is 16.6. The lowest BCUT2D eigenvalue weighted by molar-refractivity contribution is -0.147. The van der Waals surface area contributed by atoms with Crippen molar-refractivity contribution in [2.75, 3.05) is 5.32 Å². The summed E-state index contributed by atoms with van der Waals surface area (Å²) >= 11 is 0. The van der Waals surface area contributed by atoms with E-state index in [1.54, 1.807) is 32.0 Å². The number of anilines is 1. The molecule has 9 heteroatoms. The number of aliphatic carboxylic acids is 1. The van der Waals surface area contributed by atoms with Gasteiger partial charge in [-0.15, -0.1) is 0 Å². The van der Waals surface area contributed by atoms with Gasteiger partial charge < -0.3 is 20.3 Å². The lowest BCUT2D eigenvalue weighted by Crippen LogP contribution is -2.21. The number of hydrogen-bond acceptors (Lipinski definition) is 6. The molecule has 0 atom stereocenters. The average Bonchev–Trinajstić information content (AvgIpc) is 2.72. The maximum atomic E-state index is 12.9. The molecule has 160 valence electrons. The fraction of sp³-hybridized carbons (Fsp3) is 0.0909. The first kappa shape index (κ1) is 21.8. The Balaban J connectivity index is 1.95. The first-order valence-electron chi connectivity index (χ1n) is 9.06. The summed E-state index contributed by atoms with van der Waals surface area (Å²) < 4.78 is 31.7. The van der Waals surface area contributed by atoms with E-state index in [9.17, 15) is 23.1 Å². The van der Waals surface area contributed by atoms with Gasteiger partial charge in [0.25, 0.3) is 0 Å². The Morgan fingerprint density at radius 2 is 1.55 bits per heavy atom. The van der Waals surface area contributed by atoms with Gasteiger partial charge >= 0.3 is 11.9 Å². The number of phenolic OH excluding ortho intramolecular Hbond substituents is 1. The van der Waals surface area contributed by atoms with Crippen LogP contribution in [0.25, 0.3) is 0 Å². The smallest absolute Gasteiger partial charge is 0.394 e. The van der Waals surface area contributed by atoms with Crippen LogP contribution < -0.4 is 10.1 Å².